The highest BCUT2D eigenvalue weighted by atomic mass is 32.2. The summed E-state index contributed by atoms with van der Waals surface area (Å²) in [5, 5.41) is 2.92. The first-order chi connectivity index (χ1) is 9.89. The van der Waals surface area contributed by atoms with Crippen LogP contribution >= 0.6 is 0 Å². The number of nitrogens with zero attached hydrogens (tertiary/aromatic N) is 2. The molecule has 2 atom stereocenters. The summed E-state index contributed by atoms with van der Waals surface area (Å²) in [5.74, 6) is -0.723. The number of fused-ring (bicyclic) bond motifs is 1. The van der Waals surface area contributed by atoms with Crippen molar-refractivity contribution in [2.45, 2.75) is 56.7 Å². The first kappa shape index (κ1) is 14.6. The van der Waals surface area contributed by atoms with Crippen molar-refractivity contribution < 1.29 is 22.6 Å². The average Bonchev–Trinajstić information content (AvgIpc) is 2.77. The van der Waals surface area contributed by atoms with E-state index in [1.165, 1.54) is 11.3 Å². The Balaban J connectivity index is 1.63. The Kier molecular flexibility index (Phi) is 3.56. The minimum Gasteiger partial charge on any atom is -0.335 e. The number of likely N-dealkylation sites (tertiary alicyclic amines) is 1. The molecule has 0 aromatic heterocycles. The number of rotatable bonds is 2. The third-order valence-electron chi connectivity index (χ3n) is 4.58. The van der Waals surface area contributed by atoms with Crippen LogP contribution in [0, 0.1) is 0 Å². The van der Waals surface area contributed by atoms with E-state index in [-0.39, 0.29) is 12.1 Å². The molecule has 9 heteroatoms. The van der Waals surface area contributed by atoms with Gasteiger partial charge in [-0.2, -0.15) is 8.42 Å². The zero-order chi connectivity index (χ0) is 15.2. The van der Waals surface area contributed by atoms with Crippen molar-refractivity contribution in [1.82, 2.24) is 14.5 Å². The van der Waals surface area contributed by atoms with E-state index in [1.807, 2.05) is 0 Å². The maximum atomic E-state index is 12.2. The molecule has 2 saturated heterocycles. The van der Waals surface area contributed by atoms with Gasteiger partial charge in [-0.1, -0.05) is 19.3 Å². The lowest BCUT2D eigenvalue weighted by atomic mass is 9.95. The Labute approximate surface area is 123 Å². The molecule has 3 rings (SSSR count). The molecule has 1 aliphatic carbocycles. The van der Waals surface area contributed by atoms with Crippen LogP contribution in [-0.4, -0.2) is 58.8 Å². The molecule has 2 N–H and O–H groups in total. The molecule has 2 aliphatic heterocycles. The second-order valence-electron chi connectivity index (χ2n) is 5.89. The van der Waals surface area contributed by atoms with Crippen LogP contribution in [0.4, 0.5) is 4.79 Å². The number of hydrogen-bond acceptors (Lipinski definition) is 4. The predicted octanol–water partition coefficient (Wildman–Crippen LogP) is 0.117. The molecule has 1 saturated carbocycles. The highest BCUT2D eigenvalue weighted by Crippen LogP contribution is 2.35. The number of carbonyl (C=O) groups excluding carboxylic acids is 2. The van der Waals surface area contributed by atoms with E-state index < -0.39 is 28.3 Å². The van der Waals surface area contributed by atoms with Crippen molar-refractivity contribution in [2.75, 3.05) is 6.54 Å². The number of amides is 3. The summed E-state index contributed by atoms with van der Waals surface area (Å²) in [6, 6.07) is -1.55. The Hall–Kier alpha value is -1.35. The summed E-state index contributed by atoms with van der Waals surface area (Å²) in [5.41, 5.74) is 0. The second-order valence-corrected chi connectivity index (χ2v) is 7.18. The average molecular weight is 317 g/mol. The quantitative estimate of drug-likeness (QED) is 0.555. The van der Waals surface area contributed by atoms with Crippen molar-refractivity contribution in [2.24, 2.45) is 0 Å². The van der Waals surface area contributed by atoms with Gasteiger partial charge in [-0.25, -0.2) is 9.10 Å². The smallest absolute Gasteiger partial charge is 0.335 e. The van der Waals surface area contributed by atoms with Gasteiger partial charge in [0, 0.05) is 12.6 Å². The van der Waals surface area contributed by atoms with Crippen molar-refractivity contribution >= 4 is 22.2 Å². The van der Waals surface area contributed by atoms with Crippen LogP contribution in [0.2, 0.25) is 0 Å². The molecule has 0 aromatic rings. The van der Waals surface area contributed by atoms with Crippen molar-refractivity contribution in [3.05, 3.63) is 0 Å². The van der Waals surface area contributed by atoms with Gasteiger partial charge in [-0.05, 0) is 19.3 Å². The lowest BCUT2D eigenvalue weighted by molar-refractivity contribution is -0.143. The standard InChI is InChI=1S/C12H19N3O5S/c16-11-10-9(15(11)21(18,19)20)6-7-14(10)12(17)13-8-4-2-1-3-5-8/h8-10H,1-7H2,(H,13,17)(H,18,19,20)/t9-,10+/m1/s1. The topological polar surface area (TPSA) is 107 Å². The number of β-lactam (4-membered cyclic amide) rings is 1. The first-order valence-corrected chi connectivity index (χ1v) is 8.67. The predicted molar refractivity (Wildman–Crippen MR) is 72.7 cm³/mol. The molecule has 118 valence electrons. The van der Waals surface area contributed by atoms with Gasteiger partial charge in [-0.3, -0.25) is 9.35 Å². The van der Waals surface area contributed by atoms with Gasteiger partial charge in [0.05, 0.1) is 6.04 Å². The summed E-state index contributed by atoms with van der Waals surface area (Å²) in [6.07, 6.45) is 5.62. The molecule has 0 unspecified atom stereocenters. The van der Waals surface area contributed by atoms with Gasteiger partial charge in [0.2, 0.25) is 0 Å². The van der Waals surface area contributed by atoms with Crippen molar-refractivity contribution in [3.63, 3.8) is 0 Å². The third kappa shape index (κ3) is 2.48. The van der Waals surface area contributed by atoms with Crippen LogP contribution in [0.1, 0.15) is 38.5 Å². The van der Waals surface area contributed by atoms with E-state index in [4.69, 9.17) is 4.55 Å². The summed E-state index contributed by atoms with van der Waals surface area (Å²) in [4.78, 5) is 25.5. The van der Waals surface area contributed by atoms with Crippen LogP contribution in [0.15, 0.2) is 0 Å². The molecule has 21 heavy (non-hydrogen) atoms. The number of carbonyl (C=O) groups is 2. The molecule has 0 aromatic carbocycles. The van der Waals surface area contributed by atoms with Crippen LogP contribution in [-0.2, 0) is 15.1 Å². The van der Waals surface area contributed by atoms with E-state index in [9.17, 15) is 18.0 Å². The number of urea groups is 1. The van der Waals surface area contributed by atoms with Gasteiger partial charge in [0.25, 0.3) is 5.91 Å². The fraction of sp³-hybridized carbons (Fsp3) is 0.833. The molecule has 0 bridgehead atoms. The second kappa shape index (κ2) is 5.13. The normalized spacial score (nSPS) is 30.0. The first-order valence-electron chi connectivity index (χ1n) is 7.27. The van der Waals surface area contributed by atoms with E-state index in [0.717, 1.165) is 25.7 Å². The molecular formula is C12H19N3O5S. The Morgan fingerprint density at radius 3 is 2.48 bits per heavy atom. The van der Waals surface area contributed by atoms with Crippen molar-refractivity contribution in [3.8, 4) is 0 Å². The summed E-state index contributed by atoms with van der Waals surface area (Å²) >= 11 is 0. The summed E-state index contributed by atoms with van der Waals surface area (Å²) in [7, 11) is -4.52. The maximum absolute atomic E-state index is 12.2. The van der Waals surface area contributed by atoms with Gasteiger partial charge in [-0.15, -0.1) is 0 Å². The van der Waals surface area contributed by atoms with Gasteiger partial charge < -0.3 is 10.2 Å². The number of hydrogen-bond donors (Lipinski definition) is 2. The molecule has 8 nitrogen and oxygen atoms in total. The lowest BCUT2D eigenvalue weighted by Crippen LogP contribution is -2.69. The molecule has 3 aliphatic rings. The Bertz CT molecular complexity index is 557. The fourth-order valence-electron chi connectivity index (χ4n) is 3.55. The van der Waals surface area contributed by atoms with Crippen LogP contribution in [0.5, 0.6) is 0 Å². The van der Waals surface area contributed by atoms with E-state index in [0.29, 0.717) is 17.3 Å². The summed E-state index contributed by atoms with van der Waals surface area (Å²) in [6.45, 7) is 0.325. The zero-order valence-electron chi connectivity index (χ0n) is 11.6. The summed E-state index contributed by atoms with van der Waals surface area (Å²) < 4.78 is 31.7. The third-order valence-corrected chi connectivity index (χ3v) is 5.53. The molecule has 2 heterocycles. The Morgan fingerprint density at radius 1 is 1.19 bits per heavy atom. The maximum Gasteiger partial charge on any atom is 0.362 e. The van der Waals surface area contributed by atoms with Gasteiger partial charge in [0.15, 0.2) is 0 Å². The highest BCUT2D eigenvalue weighted by Gasteiger charge is 2.60. The molecule has 3 amide bonds. The fourth-order valence-corrected chi connectivity index (χ4v) is 4.45. The SMILES string of the molecule is O=C(NC1CCCCC1)N1CC[C@@H]2[C@H]1C(=O)N2S(=O)(=O)O. The highest BCUT2D eigenvalue weighted by molar-refractivity contribution is 7.84. The van der Waals surface area contributed by atoms with Crippen LogP contribution in [0.25, 0.3) is 0 Å². The van der Waals surface area contributed by atoms with Crippen LogP contribution in [0.3, 0.4) is 0 Å². The van der Waals surface area contributed by atoms with Gasteiger partial charge in [0.1, 0.15) is 6.04 Å². The zero-order valence-corrected chi connectivity index (χ0v) is 12.4. The van der Waals surface area contributed by atoms with Crippen molar-refractivity contribution in [1.29, 1.82) is 0 Å². The molecular weight excluding hydrogens is 298 g/mol. The van der Waals surface area contributed by atoms with Gasteiger partial charge >= 0.3 is 16.3 Å². The molecule has 0 spiro atoms. The monoisotopic (exact) mass is 317 g/mol. The molecule has 3 fully saturated rings. The minimum absolute atomic E-state index is 0.137. The van der Waals surface area contributed by atoms with E-state index in [1.54, 1.807) is 0 Å². The lowest BCUT2D eigenvalue weighted by Gasteiger charge is -2.42. The van der Waals surface area contributed by atoms with Crippen LogP contribution < -0.4 is 5.32 Å². The minimum atomic E-state index is -4.52. The van der Waals surface area contributed by atoms with E-state index in [2.05, 4.69) is 5.32 Å². The largest absolute Gasteiger partial charge is 0.362 e. The number of nitrogens with one attached hydrogen (secondary N) is 1. The van der Waals surface area contributed by atoms with E-state index >= 15 is 0 Å². The Morgan fingerprint density at radius 2 is 1.86 bits per heavy atom. The molecule has 0 radical (unpaired) electrons.